The van der Waals surface area contributed by atoms with Gasteiger partial charge in [0.05, 0.1) is 6.04 Å². The van der Waals surface area contributed by atoms with Gasteiger partial charge in [-0.1, -0.05) is 46.3 Å². The number of nitrogens with two attached hydrogens (primary N) is 1. The summed E-state index contributed by atoms with van der Waals surface area (Å²) in [4.78, 5) is 0. The molecule has 2 aromatic carbocycles. The van der Waals surface area contributed by atoms with E-state index in [-0.39, 0.29) is 6.04 Å². The first-order valence-electron chi connectivity index (χ1n) is 5.86. The lowest BCUT2D eigenvalue weighted by Gasteiger charge is -2.14. The molecule has 0 heterocycles. The number of hydrogen-bond donors (Lipinski definition) is 1. The SMILES string of the molecule is Cc1cc(OCC(N)c2ccccc2)ccc1Br. The summed E-state index contributed by atoms with van der Waals surface area (Å²) in [5.41, 5.74) is 8.32. The van der Waals surface area contributed by atoms with E-state index in [4.69, 9.17) is 10.5 Å². The quantitative estimate of drug-likeness (QED) is 0.931. The van der Waals surface area contributed by atoms with Crippen molar-refractivity contribution in [3.05, 3.63) is 64.1 Å². The van der Waals surface area contributed by atoms with E-state index >= 15 is 0 Å². The van der Waals surface area contributed by atoms with Gasteiger partial charge in [-0.2, -0.15) is 0 Å². The van der Waals surface area contributed by atoms with Gasteiger partial charge >= 0.3 is 0 Å². The van der Waals surface area contributed by atoms with Gasteiger partial charge in [-0.25, -0.2) is 0 Å². The van der Waals surface area contributed by atoms with Gasteiger partial charge in [0.2, 0.25) is 0 Å². The lowest BCUT2D eigenvalue weighted by molar-refractivity contribution is 0.290. The normalized spacial score (nSPS) is 12.2. The van der Waals surface area contributed by atoms with Crippen molar-refractivity contribution in [2.75, 3.05) is 6.61 Å². The fourth-order valence-electron chi connectivity index (χ4n) is 1.69. The molecule has 0 aliphatic carbocycles. The van der Waals surface area contributed by atoms with Crippen molar-refractivity contribution in [2.45, 2.75) is 13.0 Å². The maximum atomic E-state index is 6.08. The monoisotopic (exact) mass is 305 g/mol. The van der Waals surface area contributed by atoms with Crippen molar-refractivity contribution < 1.29 is 4.74 Å². The zero-order valence-electron chi connectivity index (χ0n) is 10.3. The van der Waals surface area contributed by atoms with Crippen molar-refractivity contribution in [3.8, 4) is 5.75 Å². The number of rotatable bonds is 4. The molecule has 0 amide bonds. The molecular formula is C15H16BrNO. The maximum absolute atomic E-state index is 6.08. The van der Waals surface area contributed by atoms with Crippen LogP contribution in [0.4, 0.5) is 0 Å². The van der Waals surface area contributed by atoms with Crippen LogP contribution in [0.15, 0.2) is 53.0 Å². The van der Waals surface area contributed by atoms with E-state index in [0.29, 0.717) is 6.61 Å². The minimum Gasteiger partial charge on any atom is -0.492 e. The van der Waals surface area contributed by atoms with Crippen molar-refractivity contribution in [3.63, 3.8) is 0 Å². The van der Waals surface area contributed by atoms with Crippen LogP contribution in [0, 0.1) is 6.92 Å². The van der Waals surface area contributed by atoms with Gasteiger partial charge < -0.3 is 10.5 Å². The van der Waals surface area contributed by atoms with Crippen LogP contribution < -0.4 is 10.5 Å². The predicted molar refractivity (Wildman–Crippen MR) is 77.7 cm³/mol. The fraction of sp³-hybridized carbons (Fsp3) is 0.200. The molecule has 2 aromatic rings. The second kappa shape index (κ2) is 6.03. The van der Waals surface area contributed by atoms with E-state index < -0.39 is 0 Å². The number of benzene rings is 2. The molecule has 0 saturated heterocycles. The molecule has 2 N–H and O–H groups in total. The molecule has 94 valence electrons. The largest absolute Gasteiger partial charge is 0.492 e. The maximum Gasteiger partial charge on any atom is 0.119 e. The Labute approximate surface area is 116 Å². The Hall–Kier alpha value is -1.32. The number of halogens is 1. The molecule has 1 atom stereocenters. The molecule has 0 bridgehead atoms. The Morgan fingerprint density at radius 2 is 1.89 bits per heavy atom. The zero-order chi connectivity index (χ0) is 13.0. The molecule has 0 aliphatic heterocycles. The zero-order valence-corrected chi connectivity index (χ0v) is 11.9. The van der Waals surface area contributed by atoms with Crippen molar-refractivity contribution in [2.24, 2.45) is 5.73 Å². The molecule has 0 aliphatic rings. The van der Waals surface area contributed by atoms with Crippen LogP contribution in [-0.4, -0.2) is 6.61 Å². The summed E-state index contributed by atoms with van der Waals surface area (Å²) in [6.45, 7) is 2.51. The summed E-state index contributed by atoms with van der Waals surface area (Å²) in [5, 5.41) is 0. The smallest absolute Gasteiger partial charge is 0.119 e. The molecule has 0 aromatic heterocycles. The lowest BCUT2D eigenvalue weighted by Crippen LogP contribution is -2.18. The predicted octanol–water partition coefficient (Wildman–Crippen LogP) is 3.84. The number of ether oxygens (including phenoxy) is 1. The highest BCUT2D eigenvalue weighted by molar-refractivity contribution is 9.10. The van der Waals surface area contributed by atoms with Gasteiger partial charge in [-0.15, -0.1) is 0 Å². The summed E-state index contributed by atoms with van der Waals surface area (Å²) in [6.07, 6.45) is 0. The number of hydrogen-bond acceptors (Lipinski definition) is 2. The fourth-order valence-corrected chi connectivity index (χ4v) is 1.94. The van der Waals surface area contributed by atoms with Crippen molar-refractivity contribution in [1.29, 1.82) is 0 Å². The minimum absolute atomic E-state index is 0.102. The minimum atomic E-state index is -0.102. The molecule has 2 rings (SSSR count). The van der Waals surface area contributed by atoms with Crippen LogP contribution >= 0.6 is 15.9 Å². The van der Waals surface area contributed by atoms with Gasteiger partial charge in [-0.3, -0.25) is 0 Å². The summed E-state index contributed by atoms with van der Waals surface area (Å²) < 4.78 is 6.80. The van der Waals surface area contributed by atoms with Gasteiger partial charge in [0.25, 0.3) is 0 Å². The molecule has 3 heteroatoms. The molecule has 18 heavy (non-hydrogen) atoms. The van der Waals surface area contributed by atoms with E-state index in [1.165, 1.54) is 0 Å². The second-order valence-electron chi connectivity index (χ2n) is 4.24. The molecular weight excluding hydrogens is 290 g/mol. The molecule has 0 radical (unpaired) electrons. The van der Waals surface area contributed by atoms with E-state index in [1.54, 1.807) is 0 Å². The highest BCUT2D eigenvalue weighted by Crippen LogP contribution is 2.22. The van der Waals surface area contributed by atoms with Gasteiger partial charge in [0, 0.05) is 4.47 Å². The highest BCUT2D eigenvalue weighted by atomic mass is 79.9. The standard InChI is InChI=1S/C15H16BrNO/c1-11-9-13(7-8-14(11)16)18-10-15(17)12-5-3-2-4-6-12/h2-9,15H,10,17H2,1H3. The molecule has 0 spiro atoms. The third-order valence-corrected chi connectivity index (χ3v) is 3.68. The lowest BCUT2D eigenvalue weighted by atomic mass is 10.1. The Bertz CT molecular complexity index is 513. The van der Waals surface area contributed by atoms with Crippen LogP contribution in [0.1, 0.15) is 17.2 Å². The Morgan fingerprint density at radius 3 is 2.56 bits per heavy atom. The molecule has 1 unspecified atom stereocenters. The van der Waals surface area contributed by atoms with E-state index in [0.717, 1.165) is 21.3 Å². The summed E-state index contributed by atoms with van der Waals surface area (Å²) in [7, 11) is 0. The van der Waals surface area contributed by atoms with Gasteiger partial charge in [-0.05, 0) is 36.2 Å². The van der Waals surface area contributed by atoms with E-state index in [9.17, 15) is 0 Å². The second-order valence-corrected chi connectivity index (χ2v) is 5.09. The van der Waals surface area contributed by atoms with Crippen LogP contribution in [0.5, 0.6) is 5.75 Å². The van der Waals surface area contributed by atoms with Crippen LogP contribution in [0.3, 0.4) is 0 Å². The van der Waals surface area contributed by atoms with E-state index in [2.05, 4.69) is 15.9 Å². The summed E-state index contributed by atoms with van der Waals surface area (Å²) in [5.74, 6) is 0.849. The topological polar surface area (TPSA) is 35.2 Å². The number of aryl methyl sites for hydroxylation is 1. The Kier molecular flexibility index (Phi) is 4.39. The van der Waals surface area contributed by atoms with Gasteiger partial charge in [0.1, 0.15) is 12.4 Å². The van der Waals surface area contributed by atoms with Crippen LogP contribution in [0.2, 0.25) is 0 Å². The average molecular weight is 306 g/mol. The van der Waals surface area contributed by atoms with Crippen LogP contribution in [0.25, 0.3) is 0 Å². The highest BCUT2D eigenvalue weighted by Gasteiger charge is 2.06. The first kappa shape index (κ1) is 13.1. The molecule has 0 fully saturated rings. The Balaban J connectivity index is 1.97. The molecule has 2 nitrogen and oxygen atoms in total. The summed E-state index contributed by atoms with van der Waals surface area (Å²) in [6, 6.07) is 15.8. The third-order valence-electron chi connectivity index (χ3n) is 2.79. The third kappa shape index (κ3) is 3.34. The van der Waals surface area contributed by atoms with Crippen molar-refractivity contribution >= 4 is 15.9 Å². The van der Waals surface area contributed by atoms with E-state index in [1.807, 2.05) is 55.5 Å². The first-order valence-corrected chi connectivity index (χ1v) is 6.65. The molecule has 0 saturated carbocycles. The first-order chi connectivity index (χ1) is 8.66. The van der Waals surface area contributed by atoms with Crippen molar-refractivity contribution in [1.82, 2.24) is 0 Å². The van der Waals surface area contributed by atoms with Crippen LogP contribution in [-0.2, 0) is 0 Å². The average Bonchev–Trinajstić information content (AvgIpc) is 2.41. The van der Waals surface area contributed by atoms with Gasteiger partial charge in [0.15, 0.2) is 0 Å². The Morgan fingerprint density at radius 1 is 1.17 bits per heavy atom. The summed E-state index contributed by atoms with van der Waals surface area (Å²) >= 11 is 3.47.